The van der Waals surface area contributed by atoms with Crippen LogP contribution >= 0.6 is 0 Å². The first kappa shape index (κ1) is 5.21. The molecule has 2 heterocycles. The molecule has 2 aliphatic heterocycles. The van der Waals surface area contributed by atoms with Crippen molar-refractivity contribution in [3.63, 3.8) is 0 Å². The zero-order valence-electron chi connectivity index (χ0n) is 5.07. The molecule has 2 rings (SSSR count). The largest absolute Gasteiger partial charge is 0.382 e. The number of nitrogens with two attached hydrogens (primary N) is 1. The molecule has 0 amide bonds. The van der Waals surface area contributed by atoms with Gasteiger partial charge in [0.15, 0.2) is 17.7 Å². The van der Waals surface area contributed by atoms with E-state index in [0.29, 0.717) is 11.5 Å². The van der Waals surface area contributed by atoms with Gasteiger partial charge >= 0.3 is 0 Å². The quantitative estimate of drug-likeness (QED) is 0.403. The van der Waals surface area contributed by atoms with Crippen LogP contribution in [0.15, 0.2) is 26.8 Å². The maximum absolute atomic E-state index is 5.47. The number of hydrogen-bond acceptors (Lipinski definition) is 6. The van der Waals surface area contributed by atoms with Gasteiger partial charge in [0.05, 0.1) is 6.34 Å². The first-order valence-corrected chi connectivity index (χ1v) is 2.82. The molecule has 0 saturated carbocycles. The highest BCUT2D eigenvalue weighted by Crippen LogP contribution is 2.13. The molecule has 0 bridgehead atoms. The SMILES string of the molecule is NC1=C2N=NNC2NC=N1. The van der Waals surface area contributed by atoms with Crippen molar-refractivity contribution in [3.05, 3.63) is 11.5 Å². The van der Waals surface area contributed by atoms with Gasteiger partial charge in [-0.05, 0) is 0 Å². The van der Waals surface area contributed by atoms with Gasteiger partial charge < -0.3 is 11.1 Å². The lowest BCUT2D eigenvalue weighted by Gasteiger charge is -2.13. The lowest BCUT2D eigenvalue weighted by molar-refractivity contribution is 0.600. The summed E-state index contributed by atoms with van der Waals surface area (Å²) in [7, 11) is 0. The second-order valence-corrected chi connectivity index (χ2v) is 1.96. The maximum atomic E-state index is 5.47. The number of fused-ring (bicyclic) bond motifs is 1. The van der Waals surface area contributed by atoms with Gasteiger partial charge in [0, 0.05) is 0 Å². The molecular weight excluding hydrogens is 132 g/mol. The van der Waals surface area contributed by atoms with Crippen LogP contribution < -0.4 is 16.5 Å². The molecule has 0 aromatic rings. The Morgan fingerprint density at radius 2 is 2.50 bits per heavy atom. The fourth-order valence-corrected chi connectivity index (χ4v) is 0.822. The molecule has 1 atom stereocenters. The molecule has 2 aliphatic rings. The van der Waals surface area contributed by atoms with Crippen LogP contribution in [0, 0.1) is 0 Å². The molecule has 6 nitrogen and oxygen atoms in total. The summed E-state index contributed by atoms with van der Waals surface area (Å²) in [6.45, 7) is 0. The van der Waals surface area contributed by atoms with Crippen LogP contribution in [0.5, 0.6) is 0 Å². The van der Waals surface area contributed by atoms with Crippen molar-refractivity contribution < 1.29 is 0 Å². The molecule has 0 aromatic heterocycles. The Hall–Kier alpha value is -1.59. The van der Waals surface area contributed by atoms with E-state index in [2.05, 4.69) is 26.1 Å². The Morgan fingerprint density at radius 1 is 1.60 bits per heavy atom. The van der Waals surface area contributed by atoms with Gasteiger partial charge in [0.25, 0.3) is 0 Å². The molecule has 4 N–H and O–H groups in total. The van der Waals surface area contributed by atoms with E-state index < -0.39 is 0 Å². The van der Waals surface area contributed by atoms with Crippen molar-refractivity contribution in [2.24, 2.45) is 21.1 Å². The minimum Gasteiger partial charge on any atom is -0.382 e. The zero-order chi connectivity index (χ0) is 6.97. The van der Waals surface area contributed by atoms with Gasteiger partial charge in [-0.15, -0.1) is 5.11 Å². The summed E-state index contributed by atoms with van der Waals surface area (Å²) in [6.07, 6.45) is 1.44. The minimum atomic E-state index is -0.0856. The molecule has 0 spiro atoms. The number of aliphatic imine (C=N–C) groups is 1. The van der Waals surface area contributed by atoms with Gasteiger partial charge in [0.1, 0.15) is 0 Å². The van der Waals surface area contributed by atoms with Crippen LogP contribution in [-0.2, 0) is 0 Å². The summed E-state index contributed by atoms with van der Waals surface area (Å²) in [5.74, 6) is 0.414. The minimum absolute atomic E-state index is 0.0856. The summed E-state index contributed by atoms with van der Waals surface area (Å²) in [6, 6.07) is 0. The van der Waals surface area contributed by atoms with Crippen molar-refractivity contribution in [1.29, 1.82) is 0 Å². The first-order valence-electron chi connectivity index (χ1n) is 2.82. The third-order valence-corrected chi connectivity index (χ3v) is 1.33. The predicted octanol–water partition coefficient (Wildman–Crippen LogP) is -0.958. The third kappa shape index (κ3) is 0.554. The van der Waals surface area contributed by atoms with E-state index >= 15 is 0 Å². The van der Waals surface area contributed by atoms with E-state index in [0.717, 1.165) is 0 Å². The molecule has 1 unspecified atom stereocenters. The third-order valence-electron chi connectivity index (χ3n) is 1.33. The topological polar surface area (TPSA) is 87.2 Å². The van der Waals surface area contributed by atoms with E-state index in [1.807, 2.05) is 0 Å². The van der Waals surface area contributed by atoms with Gasteiger partial charge in [0.2, 0.25) is 0 Å². The highest BCUT2D eigenvalue weighted by molar-refractivity contribution is 5.59. The van der Waals surface area contributed by atoms with Crippen molar-refractivity contribution in [1.82, 2.24) is 10.7 Å². The van der Waals surface area contributed by atoms with Crippen LogP contribution in [-0.4, -0.2) is 12.5 Å². The average Bonchev–Trinajstić information content (AvgIpc) is 2.36. The van der Waals surface area contributed by atoms with Gasteiger partial charge in [-0.1, -0.05) is 5.22 Å². The molecule has 0 fully saturated rings. The first-order chi connectivity index (χ1) is 4.88. The Labute approximate surface area is 56.9 Å². The van der Waals surface area contributed by atoms with Gasteiger partial charge in [-0.2, -0.15) is 0 Å². The summed E-state index contributed by atoms with van der Waals surface area (Å²) in [5, 5.41) is 10.2. The van der Waals surface area contributed by atoms with Gasteiger partial charge in [-0.25, -0.2) is 4.99 Å². The molecule has 0 radical (unpaired) electrons. The van der Waals surface area contributed by atoms with Crippen LogP contribution in [0.2, 0.25) is 0 Å². The summed E-state index contributed by atoms with van der Waals surface area (Å²) >= 11 is 0. The number of nitrogens with zero attached hydrogens (tertiary/aromatic N) is 3. The van der Waals surface area contributed by atoms with Crippen LogP contribution in [0.4, 0.5) is 0 Å². The van der Waals surface area contributed by atoms with E-state index in [4.69, 9.17) is 5.73 Å². The molecule has 0 aliphatic carbocycles. The lowest BCUT2D eigenvalue weighted by atomic mass is 10.3. The number of nitrogens with one attached hydrogen (secondary N) is 2. The normalized spacial score (nSPS) is 27.8. The van der Waals surface area contributed by atoms with Crippen molar-refractivity contribution in [3.8, 4) is 0 Å². The summed E-state index contributed by atoms with van der Waals surface area (Å²) < 4.78 is 0. The Balaban J connectivity index is 2.41. The van der Waals surface area contributed by atoms with E-state index in [1.165, 1.54) is 6.34 Å². The maximum Gasteiger partial charge on any atom is 0.164 e. The Morgan fingerprint density at radius 3 is 3.30 bits per heavy atom. The summed E-state index contributed by atoms with van der Waals surface area (Å²) in [5.41, 5.74) is 8.83. The van der Waals surface area contributed by atoms with Crippen LogP contribution in [0.25, 0.3) is 0 Å². The zero-order valence-corrected chi connectivity index (χ0v) is 5.07. The molecule has 10 heavy (non-hydrogen) atoms. The monoisotopic (exact) mass is 138 g/mol. The molecule has 0 aromatic carbocycles. The molecular formula is C4H6N6. The summed E-state index contributed by atoms with van der Waals surface area (Å²) in [4.78, 5) is 3.80. The smallest absolute Gasteiger partial charge is 0.164 e. The standard InChI is InChI=1S/C4H6N6/c5-3-2-4(7-1-6-3)9-10-8-2/h1,4H,5H2,(H,6,7)(H,8,9). The second kappa shape index (κ2) is 1.69. The van der Waals surface area contributed by atoms with E-state index in [9.17, 15) is 0 Å². The van der Waals surface area contributed by atoms with Crippen molar-refractivity contribution in [2.75, 3.05) is 0 Å². The Bertz CT molecular complexity index is 238. The highest BCUT2D eigenvalue weighted by atomic mass is 15.5. The van der Waals surface area contributed by atoms with Crippen molar-refractivity contribution in [2.45, 2.75) is 6.17 Å². The fraction of sp³-hybridized carbons (Fsp3) is 0.250. The van der Waals surface area contributed by atoms with E-state index in [1.54, 1.807) is 0 Å². The average molecular weight is 138 g/mol. The number of hydrogen-bond donors (Lipinski definition) is 3. The molecule has 0 saturated heterocycles. The highest BCUT2D eigenvalue weighted by Gasteiger charge is 2.22. The predicted molar refractivity (Wildman–Crippen MR) is 34.6 cm³/mol. The fourth-order valence-electron chi connectivity index (χ4n) is 0.822. The molecule has 52 valence electrons. The lowest BCUT2D eigenvalue weighted by Crippen LogP contribution is -2.40. The van der Waals surface area contributed by atoms with Crippen LogP contribution in [0.3, 0.4) is 0 Å². The Kier molecular flexibility index (Phi) is 0.883. The van der Waals surface area contributed by atoms with Crippen molar-refractivity contribution >= 4 is 6.34 Å². The van der Waals surface area contributed by atoms with Crippen LogP contribution in [0.1, 0.15) is 0 Å². The van der Waals surface area contributed by atoms with Gasteiger partial charge in [-0.3, -0.25) is 5.43 Å². The second-order valence-electron chi connectivity index (χ2n) is 1.96. The number of rotatable bonds is 0. The van der Waals surface area contributed by atoms with E-state index in [-0.39, 0.29) is 6.17 Å². The molecule has 6 heteroatoms.